The van der Waals surface area contributed by atoms with E-state index in [1.54, 1.807) is 56.7 Å². The minimum Gasteiger partial charge on any atom is -0.345 e. The molecule has 1 aliphatic rings. The molecule has 0 unspecified atom stereocenters. The Labute approximate surface area is 212 Å². The van der Waals surface area contributed by atoms with Crippen LogP contribution in [-0.4, -0.2) is 56.8 Å². The molecule has 1 N–H and O–H groups in total. The molecule has 1 atom stereocenters. The highest BCUT2D eigenvalue weighted by Gasteiger charge is 2.35. The molecule has 3 aromatic rings. The molecule has 0 saturated carbocycles. The van der Waals surface area contributed by atoms with Crippen molar-refractivity contribution in [3.8, 4) is 11.1 Å². The number of nitrogens with one attached hydrogen (secondary N) is 1. The van der Waals surface area contributed by atoms with E-state index >= 15 is 0 Å². The number of carbonyl (C=O) groups excluding carboxylic acids is 2. The molecule has 1 saturated heterocycles. The Morgan fingerprint density at radius 1 is 1.20 bits per heavy atom. The molecular formula is C24H23ClN4O4S2. The van der Waals surface area contributed by atoms with Crippen molar-refractivity contribution in [2.75, 3.05) is 25.5 Å². The highest BCUT2D eigenvalue weighted by molar-refractivity contribution is 7.92. The number of rotatable bonds is 7. The highest BCUT2D eigenvalue weighted by atomic mass is 35.5. The zero-order valence-electron chi connectivity index (χ0n) is 19.0. The number of nitrogens with zero attached hydrogens (tertiary/aromatic N) is 3. The summed E-state index contributed by atoms with van der Waals surface area (Å²) in [6.45, 7) is 0.332. The average Bonchev–Trinajstić information content (AvgIpc) is 3.42. The third-order valence-corrected chi connectivity index (χ3v) is 7.72. The average molecular weight is 531 g/mol. The van der Waals surface area contributed by atoms with Crippen LogP contribution < -0.4 is 9.62 Å². The first kappa shape index (κ1) is 25.1. The first-order chi connectivity index (χ1) is 16.6. The van der Waals surface area contributed by atoms with Crippen molar-refractivity contribution in [2.24, 2.45) is 0 Å². The van der Waals surface area contributed by atoms with Crippen LogP contribution in [0.1, 0.15) is 21.7 Å². The van der Waals surface area contributed by atoms with Gasteiger partial charge in [0.25, 0.3) is 5.91 Å². The zero-order chi connectivity index (χ0) is 25.2. The molecule has 2 aromatic heterocycles. The topological polar surface area (TPSA) is 99.7 Å². The largest absolute Gasteiger partial charge is 0.345 e. The van der Waals surface area contributed by atoms with Gasteiger partial charge in [0.15, 0.2) is 0 Å². The lowest BCUT2D eigenvalue weighted by Crippen LogP contribution is -2.40. The van der Waals surface area contributed by atoms with Gasteiger partial charge in [-0.15, -0.1) is 11.3 Å². The van der Waals surface area contributed by atoms with Crippen LogP contribution >= 0.6 is 22.9 Å². The summed E-state index contributed by atoms with van der Waals surface area (Å²) in [6.07, 6.45) is 3.37. The van der Waals surface area contributed by atoms with Crippen molar-refractivity contribution < 1.29 is 18.0 Å². The van der Waals surface area contributed by atoms with Crippen molar-refractivity contribution >= 4 is 56.7 Å². The van der Waals surface area contributed by atoms with Crippen molar-refractivity contribution in [2.45, 2.75) is 12.5 Å². The fraction of sp³-hybridized carbons (Fsp3) is 0.208. The predicted octanol–water partition coefficient (Wildman–Crippen LogP) is 3.86. The number of anilines is 1. The third kappa shape index (κ3) is 5.79. The molecule has 2 amide bonds. The van der Waals surface area contributed by atoms with Crippen molar-refractivity contribution in [3.63, 3.8) is 0 Å². The van der Waals surface area contributed by atoms with Gasteiger partial charge in [0.1, 0.15) is 11.9 Å². The summed E-state index contributed by atoms with van der Waals surface area (Å²) in [6, 6.07) is 13.3. The normalized spacial score (nSPS) is 16.3. The predicted molar refractivity (Wildman–Crippen MR) is 139 cm³/mol. The van der Waals surface area contributed by atoms with Crippen LogP contribution in [0.3, 0.4) is 0 Å². The molecule has 0 aliphatic carbocycles. The Morgan fingerprint density at radius 2 is 1.97 bits per heavy atom. The molecule has 1 fully saturated rings. The lowest BCUT2D eigenvalue weighted by atomic mass is 10.0. The molecule has 8 nitrogen and oxygen atoms in total. The molecule has 4 rings (SSSR count). The Kier molecular flexibility index (Phi) is 7.36. The Morgan fingerprint density at radius 3 is 2.63 bits per heavy atom. The lowest BCUT2D eigenvalue weighted by Gasteiger charge is -2.17. The van der Waals surface area contributed by atoms with Crippen LogP contribution in [0.2, 0.25) is 4.34 Å². The van der Waals surface area contributed by atoms with Gasteiger partial charge < -0.3 is 4.90 Å². The summed E-state index contributed by atoms with van der Waals surface area (Å²) in [4.78, 5) is 33.5. The number of thiophene rings is 1. The second-order valence-electron chi connectivity index (χ2n) is 8.09. The fourth-order valence-corrected chi connectivity index (χ4v) is 5.77. The van der Waals surface area contributed by atoms with E-state index < -0.39 is 16.1 Å². The quantitative estimate of drug-likeness (QED) is 0.500. The number of aromatic nitrogens is 1. The first-order valence-electron chi connectivity index (χ1n) is 10.7. The molecular weight excluding hydrogens is 508 g/mol. The first-order valence-corrected chi connectivity index (χ1v) is 13.4. The Hall–Kier alpha value is -3.05. The SMILES string of the molecule is CN(C)C(=O)c1ccccc1-c1ccc(N2CC[C@H](NS(=O)(=O)C=Cc3ccc(Cl)s3)C2=O)nc1. The number of hydrogen-bond acceptors (Lipinski definition) is 6. The molecule has 182 valence electrons. The molecule has 3 heterocycles. The molecule has 1 aromatic carbocycles. The lowest BCUT2D eigenvalue weighted by molar-refractivity contribution is -0.118. The van der Waals surface area contributed by atoms with Crippen LogP contribution in [0.15, 0.2) is 60.1 Å². The monoisotopic (exact) mass is 530 g/mol. The standard InChI is InChI=1S/C24H23ClN4O4S2/c1-28(2)23(30)19-6-4-3-5-18(19)16-7-10-22(26-15-16)29-13-11-20(24(29)31)27-35(32,33)14-12-17-8-9-21(25)34-17/h3-10,12,14-15,20,27H,11,13H2,1-2H3/t20-/m0/s1. The van der Waals surface area contributed by atoms with E-state index in [0.717, 1.165) is 16.5 Å². The van der Waals surface area contributed by atoms with E-state index in [1.165, 1.54) is 27.2 Å². The number of sulfonamides is 1. The maximum Gasteiger partial charge on any atom is 0.253 e. The smallest absolute Gasteiger partial charge is 0.253 e. The minimum atomic E-state index is -3.83. The molecule has 0 bridgehead atoms. The Bertz CT molecular complexity index is 1380. The van der Waals surface area contributed by atoms with E-state index in [1.807, 2.05) is 12.1 Å². The molecule has 11 heteroatoms. The molecule has 35 heavy (non-hydrogen) atoms. The Balaban J connectivity index is 1.47. The van der Waals surface area contributed by atoms with Crippen LogP contribution in [0.5, 0.6) is 0 Å². The second kappa shape index (κ2) is 10.3. The van der Waals surface area contributed by atoms with Crippen LogP contribution in [0.4, 0.5) is 5.82 Å². The number of amides is 2. The van der Waals surface area contributed by atoms with E-state index in [9.17, 15) is 18.0 Å². The summed E-state index contributed by atoms with van der Waals surface area (Å²) in [7, 11) is -0.442. The van der Waals surface area contributed by atoms with Gasteiger partial charge in [-0.2, -0.15) is 4.72 Å². The van der Waals surface area contributed by atoms with Crippen molar-refractivity contribution in [1.29, 1.82) is 0 Å². The van der Waals surface area contributed by atoms with Gasteiger partial charge >= 0.3 is 0 Å². The number of carbonyl (C=O) groups is 2. The van der Waals surface area contributed by atoms with E-state index in [0.29, 0.717) is 33.6 Å². The molecule has 0 radical (unpaired) electrons. The molecule has 1 aliphatic heterocycles. The van der Waals surface area contributed by atoms with E-state index in [2.05, 4.69) is 9.71 Å². The fourth-order valence-electron chi connectivity index (χ4n) is 3.70. The van der Waals surface area contributed by atoms with E-state index in [-0.39, 0.29) is 11.8 Å². The summed E-state index contributed by atoms with van der Waals surface area (Å²) >= 11 is 7.12. The van der Waals surface area contributed by atoms with Crippen LogP contribution in [0.25, 0.3) is 17.2 Å². The maximum atomic E-state index is 12.9. The van der Waals surface area contributed by atoms with Gasteiger partial charge in [0, 0.05) is 48.2 Å². The molecule has 0 spiro atoms. The zero-order valence-corrected chi connectivity index (χ0v) is 21.4. The van der Waals surface area contributed by atoms with Crippen LogP contribution in [-0.2, 0) is 14.8 Å². The van der Waals surface area contributed by atoms with Gasteiger partial charge in [-0.3, -0.25) is 14.5 Å². The van der Waals surface area contributed by atoms with Gasteiger partial charge in [-0.1, -0.05) is 29.8 Å². The number of benzene rings is 1. The van der Waals surface area contributed by atoms with Crippen molar-refractivity contribution in [1.82, 2.24) is 14.6 Å². The summed E-state index contributed by atoms with van der Waals surface area (Å²) in [5.41, 5.74) is 2.03. The maximum absolute atomic E-state index is 12.9. The summed E-state index contributed by atoms with van der Waals surface area (Å²) in [5, 5.41) is 1.03. The number of halogens is 1. The van der Waals surface area contributed by atoms with Crippen molar-refractivity contribution in [3.05, 3.63) is 74.9 Å². The minimum absolute atomic E-state index is 0.120. The van der Waals surface area contributed by atoms with Crippen LogP contribution in [0, 0.1) is 0 Å². The second-order valence-corrected chi connectivity index (χ2v) is 11.4. The summed E-state index contributed by atoms with van der Waals surface area (Å²) in [5.74, 6) is -0.0732. The van der Waals surface area contributed by atoms with Gasteiger partial charge in [0.05, 0.1) is 4.34 Å². The highest BCUT2D eigenvalue weighted by Crippen LogP contribution is 2.27. The van der Waals surface area contributed by atoms with Gasteiger partial charge in [-0.25, -0.2) is 13.4 Å². The number of pyridine rings is 1. The van der Waals surface area contributed by atoms with E-state index in [4.69, 9.17) is 11.6 Å². The summed E-state index contributed by atoms with van der Waals surface area (Å²) < 4.78 is 27.9. The number of hydrogen-bond donors (Lipinski definition) is 1. The van der Waals surface area contributed by atoms with Gasteiger partial charge in [-0.05, 0) is 48.4 Å². The third-order valence-electron chi connectivity index (χ3n) is 5.42. The van der Waals surface area contributed by atoms with Gasteiger partial charge in [0.2, 0.25) is 15.9 Å².